The Balaban J connectivity index is 1.49. The topological polar surface area (TPSA) is 73.9 Å². The number of amides is 3. The van der Waals surface area contributed by atoms with Gasteiger partial charge < -0.3 is 20.3 Å². The summed E-state index contributed by atoms with van der Waals surface area (Å²) in [6.07, 6.45) is 0. The van der Waals surface area contributed by atoms with Crippen LogP contribution >= 0.6 is 0 Å². The molecular weight excluding hydrogens is 356 g/mol. The van der Waals surface area contributed by atoms with Crippen LogP contribution in [0.25, 0.3) is 0 Å². The summed E-state index contributed by atoms with van der Waals surface area (Å²) in [5, 5.41) is 5.62. The molecule has 2 aromatic rings. The standard InChI is InChI=1S/C21H26N4O3/c1-16(26)22-18-7-9-19(10-8-18)23-21(27)25-13-11-24(12-14-25)15-17-5-3-4-6-20(17)28-2/h3-10H,11-15H2,1-2H3,(H,22,26)(H,23,27). The number of hydrogen-bond acceptors (Lipinski definition) is 4. The van der Waals surface area contributed by atoms with Crippen LogP contribution in [-0.2, 0) is 11.3 Å². The van der Waals surface area contributed by atoms with E-state index in [1.165, 1.54) is 6.92 Å². The maximum atomic E-state index is 12.5. The number of para-hydroxylation sites is 1. The van der Waals surface area contributed by atoms with Crippen LogP contribution < -0.4 is 15.4 Å². The zero-order valence-corrected chi connectivity index (χ0v) is 16.3. The third kappa shape index (κ3) is 5.23. The van der Waals surface area contributed by atoms with Crippen LogP contribution in [0.2, 0.25) is 0 Å². The monoisotopic (exact) mass is 382 g/mol. The molecule has 7 nitrogen and oxygen atoms in total. The van der Waals surface area contributed by atoms with E-state index in [9.17, 15) is 9.59 Å². The summed E-state index contributed by atoms with van der Waals surface area (Å²) in [6, 6.07) is 15.0. The van der Waals surface area contributed by atoms with Gasteiger partial charge in [0.1, 0.15) is 5.75 Å². The third-order valence-corrected chi connectivity index (χ3v) is 4.70. The summed E-state index contributed by atoms with van der Waals surface area (Å²) in [7, 11) is 1.68. The maximum absolute atomic E-state index is 12.5. The van der Waals surface area contributed by atoms with E-state index in [1.54, 1.807) is 31.4 Å². The lowest BCUT2D eigenvalue weighted by Crippen LogP contribution is -2.49. The summed E-state index contributed by atoms with van der Waals surface area (Å²) in [5.41, 5.74) is 2.56. The summed E-state index contributed by atoms with van der Waals surface area (Å²) in [6.45, 7) is 5.24. The molecule has 0 unspecified atom stereocenters. The number of carbonyl (C=O) groups is 2. The molecule has 1 aliphatic heterocycles. The quantitative estimate of drug-likeness (QED) is 0.834. The van der Waals surface area contributed by atoms with Crippen molar-refractivity contribution in [2.45, 2.75) is 13.5 Å². The van der Waals surface area contributed by atoms with Crippen LogP contribution in [0, 0.1) is 0 Å². The van der Waals surface area contributed by atoms with Crippen molar-refractivity contribution in [3.63, 3.8) is 0 Å². The van der Waals surface area contributed by atoms with Crippen molar-refractivity contribution in [2.75, 3.05) is 43.9 Å². The molecule has 0 atom stereocenters. The second-order valence-electron chi connectivity index (χ2n) is 6.76. The number of nitrogens with zero attached hydrogens (tertiary/aromatic N) is 2. The highest BCUT2D eigenvalue weighted by Gasteiger charge is 2.21. The zero-order chi connectivity index (χ0) is 19.9. The molecule has 0 saturated carbocycles. The van der Waals surface area contributed by atoms with Gasteiger partial charge in [-0.15, -0.1) is 0 Å². The second kappa shape index (κ2) is 9.23. The van der Waals surface area contributed by atoms with Crippen molar-refractivity contribution in [1.82, 2.24) is 9.80 Å². The van der Waals surface area contributed by atoms with Crippen molar-refractivity contribution in [2.24, 2.45) is 0 Å². The van der Waals surface area contributed by atoms with E-state index in [4.69, 9.17) is 4.74 Å². The average Bonchev–Trinajstić information content (AvgIpc) is 2.70. The molecule has 0 spiro atoms. The first-order valence-electron chi connectivity index (χ1n) is 9.33. The molecule has 3 amide bonds. The Bertz CT molecular complexity index is 815. The van der Waals surface area contributed by atoms with Gasteiger partial charge in [0.15, 0.2) is 0 Å². The van der Waals surface area contributed by atoms with E-state index in [-0.39, 0.29) is 11.9 Å². The fourth-order valence-electron chi connectivity index (χ4n) is 3.23. The normalized spacial score (nSPS) is 14.4. The minimum absolute atomic E-state index is 0.107. The van der Waals surface area contributed by atoms with E-state index >= 15 is 0 Å². The maximum Gasteiger partial charge on any atom is 0.321 e. The minimum Gasteiger partial charge on any atom is -0.496 e. The SMILES string of the molecule is COc1ccccc1CN1CCN(C(=O)Nc2ccc(NC(C)=O)cc2)CC1. The molecule has 0 radical (unpaired) electrons. The Hall–Kier alpha value is -3.06. The van der Waals surface area contributed by atoms with Crippen molar-refractivity contribution in [1.29, 1.82) is 0 Å². The first kappa shape index (κ1) is 19.7. The van der Waals surface area contributed by atoms with Gasteiger partial charge in [-0.2, -0.15) is 0 Å². The Labute approximate surface area is 165 Å². The summed E-state index contributed by atoms with van der Waals surface area (Å²) >= 11 is 0. The Kier molecular flexibility index (Phi) is 6.49. The molecule has 1 fully saturated rings. The van der Waals surface area contributed by atoms with Crippen LogP contribution in [0.15, 0.2) is 48.5 Å². The van der Waals surface area contributed by atoms with Crippen LogP contribution in [-0.4, -0.2) is 55.0 Å². The lowest BCUT2D eigenvalue weighted by atomic mass is 10.1. The number of rotatable bonds is 5. The van der Waals surface area contributed by atoms with E-state index < -0.39 is 0 Å². The van der Waals surface area contributed by atoms with Crippen molar-refractivity contribution < 1.29 is 14.3 Å². The molecule has 1 saturated heterocycles. The number of carbonyl (C=O) groups excluding carboxylic acids is 2. The molecule has 148 valence electrons. The van der Waals surface area contributed by atoms with Gasteiger partial charge in [-0.25, -0.2) is 4.79 Å². The van der Waals surface area contributed by atoms with Gasteiger partial charge in [-0.05, 0) is 30.3 Å². The van der Waals surface area contributed by atoms with Gasteiger partial charge in [-0.3, -0.25) is 9.69 Å². The van der Waals surface area contributed by atoms with Crippen LogP contribution in [0.3, 0.4) is 0 Å². The van der Waals surface area contributed by atoms with Crippen molar-refractivity contribution in [3.8, 4) is 5.75 Å². The van der Waals surface area contributed by atoms with Gasteiger partial charge in [0.2, 0.25) is 5.91 Å². The van der Waals surface area contributed by atoms with E-state index in [1.807, 2.05) is 23.1 Å². The fourth-order valence-corrected chi connectivity index (χ4v) is 3.23. The van der Waals surface area contributed by atoms with Crippen molar-refractivity contribution >= 4 is 23.3 Å². The first-order chi connectivity index (χ1) is 13.5. The summed E-state index contributed by atoms with van der Waals surface area (Å²) < 4.78 is 5.42. The second-order valence-corrected chi connectivity index (χ2v) is 6.76. The Morgan fingerprint density at radius 3 is 2.14 bits per heavy atom. The molecule has 2 aromatic carbocycles. The number of anilines is 2. The average molecular weight is 382 g/mol. The van der Waals surface area contributed by atoms with Gasteiger partial charge >= 0.3 is 6.03 Å². The molecule has 1 heterocycles. The highest BCUT2D eigenvalue weighted by molar-refractivity contribution is 5.91. The number of piperazine rings is 1. The highest BCUT2D eigenvalue weighted by Crippen LogP contribution is 2.20. The largest absolute Gasteiger partial charge is 0.496 e. The number of urea groups is 1. The van der Waals surface area contributed by atoms with Crippen molar-refractivity contribution in [3.05, 3.63) is 54.1 Å². The molecule has 1 aliphatic rings. The Morgan fingerprint density at radius 2 is 1.54 bits per heavy atom. The van der Waals surface area contributed by atoms with E-state index in [2.05, 4.69) is 21.6 Å². The molecule has 0 aromatic heterocycles. The van der Waals surface area contributed by atoms with Crippen LogP contribution in [0.1, 0.15) is 12.5 Å². The lowest BCUT2D eigenvalue weighted by molar-refractivity contribution is -0.114. The van der Waals surface area contributed by atoms with E-state index in [0.29, 0.717) is 24.5 Å². The predicted molar refractivity (Wildman–Crippen MR) is 110 cm³/mol. The molecule has 28 heavy (non-hydrogen) atoms. The van der Waals surface area contributed by atoms with Crippen LogP contribution in [0.5, 0.6) is 5.75 Å². The molecular formula is C21H26N4O3. The number of benzene rings is 2. The van der Waals surface area contributed by atoms with Gasteiger partial charge in [0, 0.05) is 56.6 Å². The summed E-state index contributed by atoms with van der Waals surface area (Å²) in [5.74, 6) is 0.771. The molecule has 2 N–H and O–H groups in total. The number of ether oxygens (including phenoxy) is 1. The lowest BCUT2D eigenvalue weighted by Gasteiger charge is -2.34. The van der Waals surface area contributed by atoms with Gasteiger partial charge in [0.05, 0.1) is 7.11 Å². The van der Waals surface area contributed by atoms with Crippen LogP contribution in [0.4, 0.5) is 16.2 Å². The third-order valence-electron chi connectivity index (χ3n) is 4.70. The van der Waals surface area contributed by atoms with E-state index in [0.717, 1.165) is 30.9 Å². The molecule has 0 bridgehead atoms. The number of nitrogens with one attached hydrogen (secondary N) is 2. The van der Waals surface area contributed by atoms with Gasteiger partial charge in [0.25, 0.3) is 0 Å². The molecule has 0 aliphatic carbocycles. The molecule has 3 rings (SSSR count). The minimum atomic E-state index is -0.122. The smallest absolute Gasteiger partial charge is 0.321 e. The predicted octanol–water partition coefficient (Wildman–Crippen LogP) is 3.00. The fraction of sp³-hybridized carbons (Fsp3) is 0.333. The van der Waals surface area contributed by atoms with Gasteiger partial charge in [-0.1, -0.05) is 18.2 Å². The summed E-state index contributed by atoms with van der Waals surface area (Å²) in [4.78, 5) is 27.7. The highest BCUT2D eigenvalue weighted by atomic mass is 16.5. The number of hydrogen-bond donors (Lipinski definition) is 2. The number of methoxy groups -OCH3 is 1. The molecule has 7 heteroatoms. The first-order valence-corrected chi connectivity index (χ1v) is 9.33. The Morgan fingerprint density at radius 1 is 0.929 bits per heavy atom. The zero-order valence-electron chi connectivity index (χ0n) is 16.3.